The van der Waals surface area contributed by atoms with Gasteiger partial charge in [0.1, 0.15) is 0 Å². The molecule has 0 atom stereocenters. The van der Waals surface area contributed by atoms with Gasteiger partial charge in [0.2, 0.25) is 0 Å². The van der Waals surface area contributed by atoms with Crippen LogP contribution in [0.5, 0.6) is 0 Å². The average molecular weight is 312 g/mol. The van der Waals surface area contributed by atoms with Gasteiger partial charge < -0.3 is 10.6 Å². The van der Waals surface area contributed by atoms with Crippen molar-refractivity contribution in [1.82, 2.24) is 5.32 Å². The molecular formula is C15H24N2O3S. The normalized spacial score (nSPS) is 22.0. The fraction of sp³-hybridized carbons (Fsp3) is 0.600. The third-order valence-corrected chi connectivity index (χ3v) is 4.58. The lowest BCUT2D eigenvalue weighted by Crippen LogP contribution is -2.60. The average Bonchev–Trinajstić information content (AvgIpc) is 2.23. The van der Waals surface area contributed by atoms with Gasteiger partial charge in [0.05, 0.1) is 4.90 Å². The number of hydrogen-bond acceptors (Lipinski definition) is 4. The standard InChI is InChI=1S/C15H24N2O3S/c1-14(2)9-12(10-15(3,4)17-14)16-11-5-7-13(8-6-11)21(18,19)20/h5-8,12,16-17H,9-10H2,1-4H3,(H,18,19,20). The number of rotatable bonds is 3. The molecule has 5 nitrogen and oxygen atoms in total. The maximum Gasteiger partial charge on any atom is 0.294 e. The molecule has 0 amide bonds. The fourth-order valence-electron chi connectivity index (χ4n) is 3.38. The lowest BCUT2D eigenvalue weighted by molar-refractivity contribution is 0.170. The van der Waals surface area contributed by atoms with Gasteiger partial charge in [-0.15, -0.1) is 0 Å². The SMILES string of the molecule is CC1(C)CC(Nc2ccc(S(=O)(=O)O)cc2)CC(C)(C)N1. The quantitative estimate of drug-likeness (QED) is 0.748. The van der Waals surface area contributed by atoms with E-state index in [0.29, 0.717) is 6.04 Å². The maximum atomic E-state index is 11.0. The van der Waals surface area contributed by atoms with Crippen LogP contribution in [0.1, 0.15) is 40.5 Å². The van der Waals surface area contributed by atoms with Crippen molar-refractivity contribution in [1.29, 1.82) is 0 Å². The number of anilines is 1. The van der Waals surface area contributed by atoms with E-state index in [-0.39, 0.29) is 16.0 Å². The smallest absolute Gasteiger partial charge is 0.294 e. The molecule has 1 fully saturated rings. The van der Waals surface area contributed by atoms with Crippen molar-refractivity contribution in [2.75, 3.05) is 5.32 Å². The first-order chi connectivity index (χ1) is 9.47. The van der Waals surface area contributed by atoms with Crippen LogP contribution in [-0.4, -0.2) is 30.1 Å². The van der Waals surface area contributed by atoms with Crippen molar-refractivity contribution in [2.24, 2.45) is 0 Å². The second-order valence-electron chi connectivity index (χ2n) is 7.14. The van der Waals surface area contributed by atoms with Gasteiger partial charge in [-0.25, -0.2) is 0 Å². The molecule has 1 aliphatic rings. The van der Waals surface area contributed by atoms with E-state index >= 15 is 0 Å². The van der Waals surface area contributed by atoms with Gasteiger partial charge in [0.25, 0.3) is 10.1 Å². The third-order valence-electron chi connectivity index (χ3n) is 3.71. The highest BCUT2D eigenvalue weighted by atomic mass is 32.2. The maximum absolute atomic E-state index is 11.0. The molecule has 0 aliphatic carbocycles. The van der Waals surface area contributed by atoms with Gasteiger partial charge >= 0.3 is 0 Å². The van der Waals surface area contributed by atoms with Gasteiger partial charge in [-0.2, -0.15) is 8.42 Å². The van der Waals surface area contributed by atoms with Crippen LogP contribution in [0.2, 0.25) is 0 Å². The van der Waals surface area contributed by atoms with Crippen molar-refractivity contribution in [2.45, 2.75) is 62.6 Å². The lowest BCUT2D eigenvalue weighted by atomic mass is 9.79. The minimum absolute atomic E-state index is 0.0494. The molecule has 0 unspecified atom stereocenters. The van der Waals surface area contributed by atoms with Crippen molar-refractivity contribution in [3.8, 4) is 0 Å². The second-order valence-corrected chi connectivity index (χ2v) is 8.56. The molecule has 6 heteroatoms. The monoisotopic (exact) mass is 312 g/mol. The largest absolute Gasteiger partial charge is 0.382 e. The predicted octanol–water partition coefficient (Wildman–Crippen LogP) is 2.65. The zero-order valence-electron chi connectivity index (χ0n) is 13.0. The Labute approximate surface area is 126 Å². The fourth-order valence-corrected chi connectivity index (χ4v) is 3.86. The van der Waals surface area contributed by atoms with Gasteiger partial charge in [-0.1, -0.05) is 0 Å². The molecule has 118 valence electrons. The Morgan fingerprint density at radius 2 is 1.57 bits per heavy atom. The highest BCUT2D eigenvalue weighted by Gasteiger charge is 2.37. The summed E-state index contributed by atoms with van der Waals surface area (Å²) in [6, 6.07) is 6.51. The van der Waals surface area contributed by atoms with E-state index in [2.05, 4.69) is 38.3 Å². The molecular weight excluding hydrogens is 288 g/mol. The summed E-state index contributed by atoms with van der Waals surface area (Å²) in [5.41, 5.74) is 0.961. The van der Waals surface area contributed by atoms with Crippen molar-refractivity contribution in [3.63, 3.8) is 0 Å². The molecule has 0 bridgehead atoms. The van der Waals surface area contributed by atoms with Crippen LogP contribution in [0, 0.1) is 0 Å². The zero-order valence-corrected chi connectivity index (χ0v) is 13.8. The van der Waals surface area contributed by atoms with Crippen LogP contribution in [0.15, 0.2) is 29.2 Å². The van der Waals surface area contributed by atoms with Crippen LogP contribution in [0.4, 0.5) is 5.69 Å². The van der Waals surface area contributed by atoms with Crippen LogP contribution in [0.3, 0.4) is 0 Å². The Morgan fingerprint density at radius 3 is 2.00 bits per heavy atom. The molecule has 1 aromatic rings. The van der Waals surface area contributed by atoms with E-state index in [1.54, 1.807) is 12.1 Å². The highest BCUT2D eigenvalue weighted by Crippen LogP contribution is 2.30. The Kier molecular flexibility index (Phi) is 4.08. The molecule has 0 saturated carbocycles. The van der Waals surface area contributed by atoms with Crippen LogP contribution >= 0.6 is 0 Å². The minimum atomic E-state index is -4.13. The third kappa shape index (κ3) is 4.43. The molecule has 1 aromatic carbocycles. The number of hydrogen-bond donors (Lipinski definition) is 3. The molecule has 1 heterocycles. The Bertz CT molecular complexity index is 590. The van der Waals surface area contributed by atoms with Gasteiger partial charge in [0.15, 0.2) is 0 Å². The first-order valence-corrected chi connectivity index (χ1v) is 8.54. The summed E-state index contributed by atoms with van der Waals surface area (Å²) in [6.45, 7) is 8.74. The van der Waals surface area contributed by atoms with Gasteiger partial charge in [0, 0.05) is 22.8 Å². The summed E-state index contributed by atoms with van der Waals surface area (Å²) in [7, 11) is -4.13. The van der Waals surface area contributed by atoms with Gasteiger partial charge in [-0.05, 0) is 64.8 Å². The minimum Gasteiger partial charge on any atom is -0.382 e. The Morgan fingerprint density at radius 1 is 1.10 bits per heavy atom. The van der Waals surface area contributed by atoms with E-state index in [0.717, 1.165) is 18.5 Å². The summed E-state index contributed by atoms with van der Waals surface area (Å²) in [4.78, 5) is -0.0842. The van der Waals surface area contributed by atoms with Gasteiger partial charge in [-0.3, -0.25) is 4.55 Å². The molecule has 1 saturated heterocycles. The molecule has 0 radical (unpaired) electrons. The van der Waals surface area contributed by atoms with E-state index < -0.39 is 10.1 Å². The zero-order chi connectivity index (χ0) is 15.9. The summed E-state index contributed by atoms with van der Waals surface area (Å²) in [5, 5.41) is 7.08. The van der Waals surface area contributed by atoms with Crippen LogP contribution in [-0.2, 0) is 10.1 Å². The summed E-state index contributed by atoms with van der Waals surface area (Å²) >= 11 is 0. The topological polar surface area (TPSA) is 78.4 Å². The lowest BCUT2D eigenvalue weighted by Gasteiger charge is -2.47. The summed E-state index contributed by atoms with van der Waals surface area (Å²) in [5.74, 6) is 0. The number of benzene rings is 1. The van der Waals surface area contributed by atoms with E-state index in [1.165, 1.54) is 12.1 Å². The molecule has 0 aromatic heterocycles. The predicted molar refractivity (Wildman–Crippen MR) is 84.2 cm³/mol. The van der Waals surface area contributed by atoms with E-state index in [4.69, 9.17) is 4.55 Å². The molecule has 2 rings (SSSR count). The van der Waals surface area contributed by atoms with Crippen LogP contribution in [0.25, 0.3) is 0 Å². The highest BCUT2D eigenvalue weighted by molar-refractivity contribution is 7.85. The Hall–Kier alpha value is -1.11. The summed E-state index contributed by atoms with van der Waals surface area (Å²) in [6.07, 6.45) is 1.97. The van der Waals surface area contributed by atoms with Crippen molar-refractivity contribution in [3.05, 3.63) is 24.3 Å². The molecule has 1 aliphatic heterocycles. The van der Waals surface area contributed by atoms with E-state index in [1.807, 2.05) is 0 Å². The first-order valence-electron chi connectivity index (χ1n) is 7.10. The first kappa shape index (κ1) is 16.3. The number of piperidine rings is 1. The van der Waals surface area contributed by atoms with Crippen molar-refractivity contribution >= 4 is 15.8 Å². The number of nitrogens with one attached hydrogen (secondary N) is 2. The second kappa shape index (κ2) is 5.26. The summed E-state index contributed by atoms with van der Waals surface area (Å²) < 4.78 is 31.0. The molecule has 0 spiro atoms. The molecule has 21 heavy (non-hydrogen) atoms. The molecule has 3 N–H and O–H groups in total. The van der Waals surface area contributed by atoms with E-state index in [9.17, 15) is 8.42 Å². The van der Waals surface area contributed by atoms with Crippen molar-refractivity contribution < 1.29 is 13.0 Å². The Balaban J connectivity index is 2.11. The van der Waals surface area contributed by atoms with Crippen LogP contribution < -0.4 is 10.6 Å².